The zero-order chi connectivity index (χ0) is 14.8. The summed E-state index contributed by atoms with van der Waals surface area (Å²) in [6.07, 6.45) is 3.32. The molecule has 106 valence electrons. The number of nitro groups is 1. The maximum absolute atomic E-state index is 10.9. The Balaban J connectivity index is 1.99. The number of rotatable bonds is 4. The number of benzene rings is 1. The molecule has 0 unspecified atom stereocenters. The average Bonchev–Trinajstić information content (AvgIpc) is 2.90. The Morgan fingerprint density at radius 1 is 1.33 bits per heavy atom. The summed E-state index contributed by atoms with van der Waals surface area (Å²) in [6, 6.07) is 8.32. The number of nitrogens with zero attached hydrogens (tertiary/aromatic N) is 4. The summed E-state index contributed by atoms with van der Waals surface area (Å²) in [6.45, 7) is 0.474. The summed E-state index contributed by atoms with van der Waals surface area (Å²) in [5.74, 6) is 5.88. The Morgan fingerprint density at radius 3 is 2.95 bits per heavy atom. The van der Waals surface area contributed by atoms with Crippen LogP contribution in [0.2, 0.25) is 0 Å². The van der Waals surface area contributed by atoms with E-state index in [1.165, 1.54) is 12.1 Å². The highest BCUT2D eigenvalue weighted by Crippen LogP contribution is 2.21. The van der Waals surface area contributed by atoms with Gasteiger partial charge in [-0.1, -0.05) is 0 Å². The summed E-state index contributed by atoms with van der Waals surface area (Å²) >= 11 is 0. The number of hydrogen-bond acceptors (Lipinski definition) is 6. The van der Waals surface area contributed by atoms with Crippen molar-refractivity contribution < 1.29 is 4.92 Å². The number of aromatic nitrogens is 3. The first-order valence-corrected chi connectivity index (χ1v) is 6.19. The molecule has 0 aliphatic carbocycles. The van der Waals surface area contributed by atoms with E-state index in [0.29, 0.717) is 17.9 Å². The smallest absolute Gasteiger partial charge is 0.271 e. The fourth-order valence-corrected chi connectivity index (χ4v) is 2.12. The quantitative estimate of drug-likeness (QED) is 0.428. The van der Waals surface area contributed by atoms with Gasteiger partial charge in [0.2, 0.25) is 0 Å². The van der Waals surface area contributed by atoms with Crippen LogP contribution >= 0.6 is 0 Å². The molecule has 0 radical (unpaired) electrons. The number of non-ortho nitro benzene ring substituents is 1. The molecule has 8 nitrogen and oxygen atoms in total. The van der Waals surface area contributed by atoms with Crippen LogP contribution in [-0.4, -0.2) is 19.7 Å². The fraction of sp³-hybridized carbons (Fsp3) is 0.0769. The first-order valence-electron chi connectivity index (χ1n) is 6.19. The van der Waals surface area contributed by atoms with Crippen molar-refractivity contribution in [3.8, 4) is 0 Å². The van der Waals surface area contributed by atoms with Crippen molar-refractivity contribution in [1.82, 2.24) is 14.8 Å². The molecular formula is C13H12N6O2. The molecule has 2 heterocycles. The number of fused-ring (bicyclic) bond motifs is 1. The molecule has 8 heteroatoms. The standard InChI is InChI=1S/C13H12N6O2/c14-17-13-5-9(3-4-15-13)8-18-12-6-11(19(20)21)2-1-10(12)7-16-18/h1-7H,8,14H2,(H,15,17). The third kappa shape index (κ3) is 2.51. The van der Waals surface area contributed by atoms with E-state index in [1.54, 1.807) is 29.2 Å². The lowest BCUT2D eigenvalue weighted by atomic mass is 10.2. The van der Waals surface area contributed by atoms with E-state index in [9.17, 15) is 10.1 Å². The summed E-state index contributed by atoms with van der Waals surface area (Å²) in [5, 5.41) is 16.0. The first-order chi connectivity index (χ1) is 10.2. The van der Waals surface area contributed by atoms with E-state index in [4.69, 9.17) is 5.84 Å². The molecule has 0 amide bonds. The van der Waals surface area contributed by atoms with Gasteiger partial charge in [0.05, 0.1) is 23.2 Å². The zero-order valence-corrected chi connectivity index (χ0v) is 10.9. The van der Waals surface area contributed by atoms with E-state index in [1.807, 2.05) is 6.07 Å². The Labute approximate surface area is 119 Å². The molecule has 0 saturated carbocycles. The van der Waals surface area contributed by atoms with Crippen LogP contribution in [0.5, 0.6) is 0 Å². The van der Waals surface area contributed by atoms with Gasteiger partial charge in [-0.15, -0.1) is 0 Å². The highest BCUT2D eigenvalue weighted by atomic mass is 16.6. The van der Waals surface area contributed by atoms with E-state index in [2.05, 4.69) is 15.5 Å². The summed E-state index contributed by atoms with van der Waals surface area (Å²) in [5.41, 5.74) is 4.17. The van der Waals surface area contributed by atoms with Crippen LogP contribution < -0.4 is 11.3 Å². The Kier molecular flexibility index (Phi) is 3.20. The Morgan fingerprint density at radius 2 is 2.19 bits per heavy atom. The van der Waals surface area contributed by atoms with Gasteiger partial charge in [0.1, 0.15) is 5.82 Å². The van der Waals surface area contributed by atoms with Gasteiger partial charge in [-0.3, -0.25) is 14.8 Å². The van der Waals surface area contributed by atoms with Crippen LogP contribution in [0.1, 0.15) is 5.56 Å². The van der Waals surface area contributed by atoms with Crippen LogP contribution in [0.15, 0.2) is 42.7 Å². The SMILES string of the molecule is NNc1cc(Cn2ncc3ccc([N+](=O)[O-])cc32)ccn1. The summed E-state index contributed by atoms with van der Waals surface area (Å²) in [7, 11) is 0. The molecule has 0 atom stereocenters. The molecule has 0 bridgehead atoms. The normalized spacial score (nSPS) is 10.7. The van der Waals surface area contributed by atoms with Crippen LogP contribution in [0.4, 0.5) is 11.5 Å². The van der Waals surface area contributed by atoms with Crippen molar-refractivity contribution in [2.75, 3.05) is 5.43 Å². The number of nitrogens with two attached hydrogens (primary N) is 1. The Hall–Kier alpha value is -3.00. The van der Waals surface area contributed by atoms with Gasteiger partial charge >= 0.3 is 0 Å². The van der Waals surface area contributed by atoms with Crippen molar-refractivity contribution in [3.05, 3.63) is 58.4 Å². The summed E-state index contributed by atoms with van der Waals surface area (Å²) in [4.78, 5) is 14.5. The minimum absolute atomic E-state index is 0.0447. The zero-order valence-electron chi connectivity index (χ0n) is 10.9. The van der Waals surface area contributed by atoms with Crippen molar-refractivity contribution in [1.29, 1.82) is 0 Å². The number of nitrogen functional groups attached to an aromatic ring is 1. The number of anilines is 1. The number of hydrogen-bond donors (Lipinski definition) is 2. The minimum Gasteiger partial charge on any atom is -0.308 e. The van der Waals surface area contributed by atoms with E-state index >= 15 is 0 Å². The monoisotopic (exact) mass is 284 g/mol. The molecule has 0 aliphatic heterocycles. The molecular weight excluding hydrogens is 272 g/mol. The highest BCUT2D eigenvalue weighted by molar-refractivity contribution is 5.81. The molecule has 1 aromatic carbocycles. The van der Waals surface area contributed by atoms with Crippen LogP contribution in [0.3, 0.4) is 0 Å². The fourth-order valence-electron chi connectivity index (χ4n) is 2.12. The topological polar surface area (TPSA) is 112 Å². The van der Waals surface area contributed by atoms with E-state index in [0.717, 1.165) is 10.9 Å². The van der Waals surface area contributed by atoms with Gasteiger partial charge in [0.15, 0.2) is 0 Å². The van der Waals surface area contributed by atoms with Gasteiger partial charge in [-0.05, 0) is 23.8 Å². The molecule has 0 fully saturated rings. The predicted octanol–water partition coefficient (Wildman–Crippen LogP) is 1.67. The molecule has 0 aliphatic rings. The van der Waals surface area contributed by atoms with Crippen LogP contribution in [-0.2, 0) is 6.54 Å². The molecule has 2 aromatic heterocycles. The van der Waals surface area contributed by atoms with Gasteiger partial charge in [0.25, 0.3) is 5.69 Å². The van der Waals surface area contributed by atoms with Crippen molar-refractivity contribution in [2.24, 2.45) is 5.84 Å². The second-order valence-corrected chi connectivity index (χ2v) is 4.50. The van der Waals surface area contributed by atoms with Crippen molar-refractivity contribution in [2.45, 2.75) is 6.54 Å². The van der Waals surface area contributed by atoms with E-state index in [-0.39, 0.29) is 5.69 Å². The predicted molar refractivity (Wildman–Crippen MR) is 77.5 cm³/mol. The number of hydrazine groups is 1. The molecule has 21 heavy (non-hydrogen) atoms. The average molecular weight is 284 g/mol. The maximum atomic E-state index is 10.9. The van der Waals surface area contributed by atoms with Gasteiger partial charge in [0, 0.05) is 23.7 Å². The van der Waals surface area contributed by atoms with Crippen LogP contribution in [0, 0.1) is 10.1 Å². The highest BCUT2D eigenvalue weighted by Gasteiger charge is 2.10. The number of pyridine rings is 1. The van der Waals surface area contributed by atoms with Crippen molar-refractivity contribution >= 4 is 22.4 Å². The van der Waals surface area contributed by atoms with Gasteiger partial charge in [-0.25, -0.2) is 10.8 Å². The largest absolute Gasteiger partial charge is 0.308 e. The third-order valence-corrected chi connectivity index (χ3v) is 3.14. The lowest BCUT2D eigenvalue weighted by Crippen LogP contribution is -2.09. The molecule has 0 spiro atoms. The molecule has 3 aromatic rings. The maximum Gasteiger partial charge on any atom is 0.271 e. The summed E-state index contributed by atoms with van der Waals surface area (Å²) < 4.78 is 1.71. The molecule has 0 saturated heterocycles. The second kappa shape index (κ2) is 5.17. The molecule has 3 rings (SSSR count). The second-order valence-electron chi connectivity index (χ2n) is 4.50. The van der Waals surface area contributed by atoms with Crippen molar-refractivity contribution in [3.63, 3.8) is 0 Å². The first kappa shape index (κ1) is 13.0. The number of nitrogens with one attached hydrogen (secondary N) is 1. The lowest BCUT2D eigenvalue weighted by molar-refractivity contribution is -0.384. The Bertz CT molecular complexity index is 813. The molecule has 3 N–H and O–H groups in total. The number of nitro benzene ring substituents is 1. The van der Waals surface area contributed by atoms with Gasteiger partial charge in [-0.2, -0.15) is 5.10 Å². The van der Waals surface area contributed by atoms with Gasteiger partial charge < -0.3 is 5.43 Å². The van der Waals surface area contributed by atoms with Crippen LogP contribution in [0.25, 0.3) is 10.9 Å². The minimum atomic E-state index is -0.417. The lowest BCUT2D eigenvalue weighted by Gasteiger charge is -2.05. The van der Waals surface area contributed by atoms with E-state index < -0.39 is 4.92 Å². The third-order valence-electron chi connectivity index (χ3n) is 3.14.